The Bertz CT molecular complexity index is 441. The van der Waals surface area contributed by atoms with Crippen LogP contribution in [0.25, 0.3) is 4.96 Å². The number of likely N-dealkylation sites (N-methyl/N-ethyl adjacent to an activating group) is 1. The average molecular weight is 209 g/mol. The van der Waals surface area contributed by atoms with Crippen molar-refractivity contribution in [1.82, 2.24) is 14.7 Å². The van der Waals surface area contributed by atoms with Crippen molar-refractivity contribution in [3.05, 3.63) is 22.5 Å². The van der Waals surface area contributed by atoms with Crippen LogP contribution in [-0.2, 0) is 6.42 Å². The molecular weight excluding hydrogens is 194 g/mol. The SMILES string of the molecule is CNCCc1csc2nc(C)c(C)n12. The maximum atomic E-state index is 4.50. The Morgan fingerprint density at radius 2 is 2.29 bits per heavy atom. The van der Waals surface area contributed by atoms with Gasteiger partial charge in [-0.3, -0.25) is 4.40 Å². The van der Waals surface area contributed by atoms with Gasteiger partial charge in [-0.1, -0.05) is 0 Å². The number of hydrogen-bond acceptors (Lipinski definition) is 3. The van der Waals surface area contributed by atoms with E-state index in [2.05, 4.69) is 33.9 Å². The zero-order chi connectivity index (χ0) is 10.1. The van der Waals surface area contributed by atoms with Crippen molar-refractivity contribution in [3.63, 3.8) is 0 Å². The van der Waals surface area contributed by atoms with E-state index < -0.39 is 0 Å². The third-order valence-corrected chi connectivity index (χ3v) is 3.41. The smallest absolute Gasteiger partial charge is 0.194 e. The molecule has 0 amide bonds. The van der Waals surface area contributed by atoms with Gasteiger partial charge in [-0.2, -0.15) is 0 Å². The molecular formula is C10H15N3S. The van der Waals surface area contributed by atoms with Crippen molar-refractivity contribution in [2.24, 2.45) is 0 Å². The Hall–Kier alpha value is -0.870. The molecule has 2 heterocycles. The van der Waals surface area contributed by atoms with Crippen LogP contribution >= 0.6 is 11.3 Å². The van der Waals surface area contributed by atoms with Gasteiger partial charge in [0.25, 0.3) is 0 Å². The first kappa shape index (κ1) is 9.68. The highest BCUT2D eigenvalue weighted by molar-refractivity contribution is 7.15. The number of rotatable bonds is 3. The molecule has 0 aliphatic carbocycles. The normalized spacial score (nSPS) is 11.4. The number of fused-ring (bicyclic) bond motifs is 1. The summed E-state index contributed by atoms with van der Waals surface area (Å²) in [5, 5.41) is 5.37. The Labute approximate surface area is 87.8 Å². The molecule has 2 aromatic heterocycles. The van der Waals surface area contributed by atoms with Crippen LogP contribution in [0.2, 0.25) is 0 Å². The molecule has 0 atom stereocenters. The molecule has 0 saturated heterocycles. The van der Waals surface area contributed by atoms with Crippen molar-refractivity contribution in [3.8, 4) is 0 Å². The summed E-state index contributed by atoms with van der Waals surface area (Å²) in [6.07, 6.45) is 1.06. The molecule has 0 unspecified atom stereocenters. The van der Waals surface area contributed by atoms with Gasteiger partial charge in [-0.15, -0.1) is 11.3 Å². The van der Waals surface area contributed by atoms with Crippen LogP contribution in [-0.4, -0.2) is 23.0 Å². The molecule has 0 spiro atoms. The summed E-state index contributed by atoms with van der Waals surface area (Å²) in [6.45, 7) is 5.21. The minimum absolute atomic E-state index is 1.02. The topological polar surface area (TPSA) is 29.3 Å². The second-order valence-corrected chi connectivity index (χ2v) is 4.32. The fraction of sp³-hybridized carbons (Fsp3) is 0.500. The molecule has 3 nitrogen and oxygen atoms in total. The van der Waals surface area contributed by atoms with E-state index in [0.717, 1.165) is 23.6 Å². The van der Waals surface area contributed by atoms with E-state index >= 15 is 0 Å². The first-order chi connectivity index (χ1) is 6.74. The van der Waals surface area contributed by atoms with E-state index in [4.69, 9.17) is 0 Å². The summed E-state index contributed by atoms with van der Waals surface area (Å²) in [5.41, 5.74) is 3.77. The van der Waals surface area contributed by atoms with Crippen LogP contribution in [0.4, 0.5) is 0 Å². The van der Waals surface area contributed by atoms with E-state index in [1.54, 1.807) is 11.3 Å². The predicted molar refractivity (Wildman–Crippen MR) is 60.2 cm³/mol. The number of nitrogens with zero attached hydrogens (tertiary/aromatic N) is 2. The monoisotopic (exact) mass is 209 g/mol. The summed E-state index contributed by atoms with van der Waals surface area (Å²) in [5.74, 6) is 0. The van der Waals surface area contributed by atoms with Crippen LogP contribution in [0.1, 0.15) is 17.1 Å². The average Bonchev–Trinajstić information content (AvgIpc) is 2.67. The maximum absolute atomic E-state index is 4.50. The van der Waals surface area contributed by atoms with Gasteiger partial charge in [0.15, 0.2) is 4.96 Å². The minimum atomic E-state index is 1.02. The number of imidazole rings is 1. The molecule has 1 N–H and O–H groups in total. The lowest BCUT2D eigenvalue weighted by Crippen LogP contribution is -2.11. The third-order valence-electron chi connectivity index (χ3n) is 2.53. The zero-order valence-electron chi connectivity index (χ0n) is 8.79. The standard InChI is InChI=1S/C10H15N3S/c1-7-8(2)13-9(4-5-11-3)6-14-10(13)12-7/h6,11H,4-5H2,1-3H3. The van der Waals surface area contributed by atoms with Gasteiger partial charge >= 0.3 is 0 Å². The van der Waals surface area contributed by atoms with E-state index in [0.29, 0.717) is 0 Å². The largest absolute Gasteiger partial charge is 0.319 e. The van der Waals surface area contributed by atoms with Crippen LogP contribution < -0.4 is 5.32 Å². The highest BCUT2D eigenvalue weighted by Gasteiger charge is 2.09. The van der Waals surface area contributed by atoms with Crippen molar-refractivity contribution < 1.29 is 0 Å². The molecule has 0 aliphatic rings. The van der Waals surface area contributed by atoms with Crippen molar-refractivity contribution in [1.29, 1.82) is 0 Å². The zero-order valence-corrected chi connectivity index (χ0v) is 9.61. The van der Waals surface area contributed by atoms with Crippen LogP contribution in [0.3, 0.4) is 0 Å². The van der Waals surface area contributed by atoms with Crippen LogP contribution in [0, 0.1) is 13.8 Å². The molecule has 4 heteroatoms. The first-order valence-corrected chi connectivity index (χ1v) is 5.68. The summed E-state index contributed by atoms with van der Waals surface area (Å²) >= 11 is 1.72. The van der Waals surface area contributed by atoms with Gasteiger partial charge in [0.2, 0.25) is 0 Å². The molecule has 0 fully saturated rings. The van der Waals surface area contributed by atoms with E-state index in [1.807, 2.05) is 7.05 Å². The predicted octanol–water partition coefficient (Wildman–Crippen LogP) is 1.77. The third kappa shape index (κ3) is 1.44. The molecule has 0 saturated carbocycles. The molecule has 0 aromatic carbocycles. The molecule has 0 radical (unpaired) electrons. The second-order valence-electron chi connectivity index (χ2n) is 3.48. The molecule has 2 aromatic rings. The number of aromatic nitrogens is 2. The van der Waals surface area contributed by atoms with E-state index in [1.165, 1.54) is 11.4 Å². The lowest BCUT2D eigenvalue weighted by Gasteiger charge is -2.00. The highest BCUT2D eigenvalue weighted by Crippen LogP contribution is 2.20. The van der Waals surface area contributed by atoms with E-state index in [9.17, 15) is 0 Å². The van der Waals surface area contributed by atoms with Crippen LogP contribution in [0.15, 0.2) is 5.38 Å². The summed E-state index contributed by atoms with van der Waals surface area (Å²) in [6, 6.07) is 0. The second kappa shape index (κ2) is 3.71. The number of hydrogen-bond donors (Lipinski definition) is 1. The summed E-state index contributed by atoms with van der Waals surface area (Å²) < 4.78 is 2.26. The van der Waals surface area contributed by atoms with Gasteiger partial charge in [0, 0.05) is 29.7 Å². The summed E-state index contributed by atoms with van der Waals surface area (Å²) in [4.78, 5) is 5.62. The Morgan fingerprint density at radius 3 is 3.00 bits per heavy atom. The lowest BCUT2D eigenvalue weighted by atomic mass is 10.3. The summed E-state index contributed by atoms with van der Waals surface area (Å²) in [7, 11) is 1.98. The van der Waals surface area contributed by atoms with E-state index in [-0.39, 0.29) is 0 Å². The Balaban J connectivity index is 2.44. The van der Waals surface area contributed by atoms with Gasteiger partial charge < -0.3 is 5.32 Å². The van der Waals surface area contributed by atoms with Gasteiger partial charge in [0.1, 0.15) is 0 Å². The van der Waals surface area contributed by atoms with Gasteiger partial charge in [-0.05, 0) is 20.9 Å². The quantitative estimate of drug-likeness (QED) is 0.835. The first-order valence-electron chi connectivity index (χ1n) is 4.80. The van der Waals surface area contributed by atoms with Gasteiger partial charge in [0.05, 0.1) is 5.69 Å². The van der Waals surface area contributed by atoms with Crippen molar-refractivity contribution in [2.75, 3.05) is 13.6 Å². The molecule has 14 heavy (non-hydrogen) atoms. The molecule has 0 bridgehead atoms. The van der Waals surface area contributed by atoms with Crippen LogP contribution in [0.5, 0.6) is 0 Å². The highest BCUT2D eigenvalue weighted by atomic mass is 32.1. The lowest BCUT2D eigenvalue weighted by molar-refractivity contribution is 0.769. The molecule has 76 valence electrons. The fourth-order valence-electron chi connectivity index (χ4n) is 1.59. The Kier molecular flexibility index (Phi) is 2.56. The maximum Gasteiger partial charge on any atom is 0.194 e. The Morgan fingerprint density at radius 1 is 1.50 bits per heavy atom. The van der Waals surface area contributed by atoms with Gasteiger partial charge in [-0.25, -0.2) is 4.98 Å². The molecule has 2 rings (SSSR count). The number of nitrogens with one attached hydrogen (secondary N) is 1. The number of aryl methyl sites for hydroxylation is 2. The fourth-order valence-corrected chi connectivity index (χ4v) is 2.61. The van der Waals surface area contributed by atoms with Crippen molar-refractivity contribution in [2.45, 2.75) is 20.3 Å². The number of thiazole rings is 1. The minimum Gasteiger partial charge on any atom is -0.319 e. The molecule has 0 aliphatic heterocycles. The van der Waals surface area contributed by atoms with Crippen molar-refractivity contribution >= 4 is 16.3 Å².